The second kappa shape index (κ2) is 1.90. The van der Waals surface area contributed by atoms with Crippen molar-refractivity contribution in [1.29, 1.82) is 0 Å². The van der Waals surface area contributed by atoms with E-state index < -0.39 is 0 Å². The van der Waals surface area contributed by atoms with Crippen LogP contribution >= 0.6 is 0 Å². The van der Waals surface area contributed by atoms with E-state index in [2.05, 4.69) is 5.32 Å². The van der Waals surface area contributed by atoms with Gasteiger partial charge in [-0.15, -0.1) is 0 Å². The SMILES string of the molecule is CC1=CCNC(O)=C1. The van der Waals surface area contributed by atoms with Crippen LogP contribution in [0.3, 0.4) is 0 Å². The zero-order valence-electron chi connectivity index (χ0n) is 4.81. The summed E-state index contributed by atoms with van der Waals surface area (Å²) in [7, 11) is 0. The highest BCUT2D eigenvalue weighted by Gasteiger charge is 1.95. The van der Waals surface area contributed by atoms with Crippen molar-refractivity contribution >= 4 is 0 Å². The van der Waals surface area contributed by atoms with Crippen LogP contribution in [0, 0.1) is 0 Å². The maximum atomic E-state index is 8.79. The number of aliphatic hydroxyl groups excluding tert-OH is 1. The third-order valence-electron chi connectivity index (χ3n) is 1.07. The van der Waals surface area contributed by atoms with Gasteiger partial charge in [0.15, 0.2) is 5.88 Å². The molecule has 0 aromatic carbocycles. The Kier molecular flexibility index (Phi) is 1.24. The van der Waals surface area contributed by atoms with Gasteiger partial charge in [-0.3, -0.25) is 0 Å². The fourth-order valence-corrected chi connectivity index (χ4v) is 0.642. The number of nitrogens with one attached hydrogen (secondary N) is 1. The number of dihydropyridines is 1. The molecule has 1 aliphatic heterocycles. The van der Waals surface area contributed by atoms with Crippen LogP contribution in [0.2, 0.25) is 0 Å². The van der Waals surface area contributed by atoms with Crippen LogP contribution in [-0.4, -0.2) is 11.7 Å². The number of rotatable bonds is 0. The fraction of sp³-hybridized carbons (Fsp3) is 0.333. The van der Waals surface area contributed by atoms with Gasteiger partial charge in [-0.25, -0.2) is 0 Å². The lowest BCUT2D eigenvalue weighted by molar-refractivity contribution is 0.367. The molecule has 0 aromatic rings. The van der Waals surface area contributed by atoms with E-state index in [0.717, 1.165) is 12.1 Å². The molecule has 0 fully saturated rings. The highest BCUT2D eigenvalue weighted by atomic mass is 16.3. The number of hydrogen-bond donors (Lipinski definition) is 2. The van der Waals surface area contributed by atoms with Crippen LogP contribution in [0.1, 0.15) is 6.92 Å². The second-order valence-electron chi connectivity index (χ2n) is 1.86. The standard InChI is InChI=1S/C6H9NO/c1-5-2-3-7-6(8)4-5/h2,4,7-8H,3H2,1H3. The highest BCUT2D eigenvalue weighted by molar-refractivity contribution is 5.21. The van der Waals surface area contributed by atoms with Gasteiger partial charge in [0.25, 0.3) is 0 Å². The van der Waals surface area contributed by atoms with E-state index in [0.29, 0.717) is 0 Å². The van der Waals surface area contributed by atoms with Gasteiger partial charge in [-0.2, -0.15) is 0 Å². The molecule has 2 heteroatoms. The molecule has 0 bridgehead atoms. The third-order valence-corrected chi connectivity index (χ3v) is 1.07. The maximum absolute atomic E-state index is 8.79. The molecule has 0 aromatic heterocycles. The van der Waals surface area contributed by atoms with Crippen LogP contribution < -0.4 is 5.32 Å². The number of aliphatic hydroxyl groups is 1. The second-order valence-corrected chi connectivity index (χ2v) is 1.86. The van der Waals surface area contributed by atoms with Gasteiger partial charge in [0.1, 0.15) is 0 Å². The van der Waals surface area contributed by atoms with Gasteiger partial charge in [-0.1, -0.05) is 6.08 Å². The molecule has 1 aliphatic rings. The smallest absolute Gasteiger partial charge is 0.184 e. The lowest BCUT2D eigenvalue weighted by Gasteiger charge is -2.06. The first-order chi connectivity index (χ1) is 3.79. The first-order valence-corrected chi connectivity index (χ1v) is 2.60. The van der Waals surface area contributed by atoms with Crippen molar-refractivity contribution in [3.8, 4) is 0 Å². The van der Waals surface area contributed by atoms with Crippen LogP contribution in [0.25, 0.3) is 0 Å². The van der Waals surface area contributed by atoms with Crippen LogP contribution in [0.5, 0.6) is 0 Å². The summed E-state index contributed by atoms with van der Waals surface area (Å²) in [5.41, 5.74) is 1.11. The van der Waals surface area contributed by atoms with E-state index in [1.165, 1.54) is 0 Å². The maximum Gasteiger partial charge on any atom is 0.184 e. The van der Waals surface area contributed by atoms with Gasteiger partial charge < -0.3 is 10.4 Å². The molecule has 0 spiro atoms. The van der Waals surface area contributed by atoms with Crippen molar-refractivity contribution < 1.29 is 5.11 Å². The molecule has 1 rings (SSSR count). The first-order valence-electron chi connectivity index (χ1n) is 2.60. The molecule has 0 unspecified atom stereocenters. The molecule has 44 valence electrons. The van der Waals surface area contributed by atoms with Gasteiger partial charge in [0.2, 0.25) is 0 Å². The lowest BCUT2D eigenvalue weighted by atomic mass is 10.2. The molecule has 8 heavy (non-hydrogen) atoms. The minimum absolute atomic E-state index is 0.269. The number of hydrogen-bond acceptors (Lipinski definition) is 2. The fourth-order valence-electron chi connectivity index (χ4n) is 0.642. The lowest BCUT2D eigenvalue weighted by Crippen LogP contribution is -2.15. The zero-order chi connectivity index (χ0) is 5.98. The zero-order valence-corrected chi connectivity index (χ0v) is 4.81. The quantitative estimate of drug-likeness (QED) is 0.487. The summed E-state index contributed by atoms with van der Waals surface area (Å²) < 4.78 is 0. The van der Waals surface area contributed by atoms with Gasteiger partial charge in [0, 0.05) is 12.6 Å². The van der Waals surface area contributed by atoms with Crippen molar-refractivity contribution in [1.82, 2.24) is 5.32 Å². The van der Waals surface area contributed by atoms with E-state index in [1.54, 1.807) is 6.08 Å². The Morgan fingerprint density at radius 3 is 2.88 bits per heavy atom. The molecule has 2 nitrogen and oxygen atoms in total. The van der Waals surface area contributed by atoms with E-state index in [4.69, 9.17) is 5.11 Å². The molecule has 0 saturated heterocycles. The first kappa shape index (κ1) is 5.22. The van der Waals surface area contributed by atoms with Crippen molar-refractivity contribution in [3.63, 3.8) is 0 Å². The van der Waals surface area contributed by atoms with Gasteiger partial charge >= 0.3 is 0 Å². The van der Waals surface area contributed by atoms with Crippen molar-refractivity contribution in [2.24, 2.45) is 0 Å². The molecule has 0 saturated carbocycles. The van der Waals surface area contributed by atoms with E-state index >= 15 is 0 Å². The molecular formula is C6H9NO. The van der Waals surface area contributed by atoms with E-state index in [1.807, 2.05) is 13.0 Å². The summed E-state index contributed by atoms with van der Waals surface area (Å²) in [5.74, 6) is 0.269. The normalized spacial score (nSPS) is 18.6. The molecule has 0 amide bonds. The Labute approximate surface area is 48.5 Å². The Balaban J connectivity index is 2.69. The summed E-state index contributed by atoms with van der Waals surface area (Å²) in [5, 5.41) is 11.5. The average molecular weight is 111 g/mol. The molecule has 0 radical (unpaired) electrons. The van der Waals surface area contributed by atoms with Gasteiger partial charge in [-0.05, 0) is 12.5 Å². The predicted molar refractivity (Wildman–Crippen MR) is 32.5 cm³/mol. The molecule has 0 aliphatic carbocycles. The average Bonchev–Trinajstić information content (AvgIpc) is 1.64. The van der Waals surface area contributed by atoms with Crippen molar-refractivity contribution in [2.45, 2.75) is 6.92 Å². The summed E-state index contributed by atoms with van der Waals surface area (Å²) >= 11 is 0. The summed E-state index contributed by atoms with van der Waals surface area (Å²) in [6.45, 7) is 2.70. The third kappa shape index (κ3) is 1.03. The number of allylic oxidation sites excluding steroid dienone is 2. The van der Waals surface area contributed by atoms with Gasteiger partial charge in [0.05, 0.1) is 0 Å². The van der Waals surface area contributed by atoms with Crippen LogP contribution in [-0.2, 0) is 0 Å². The summed E-state index contributed by atoms with van der Waals surface area (Å²) in [6.07, 6.45) is 3.71. The van der Waals surface area contributed by atoms with E-state index in [9.17, 15) is 0 Å². The van der Waals surface area contributed by atoms with Crippen LogP contribution in [0.4, 0.5) is 0 Å². The Hall–Kier alpha value is -0.920. The molecular weight excluding hydrogens is 102 g/mol. The Bertz CT molecular complexity index is 147. The minimum Gasteiger partial charge on any atom is -0.495 e. The topological polar surface area (TPSA) is 32.3 Å². The van der Waals surface area contributed by atoms with E-state index in [-0.39, 0.29) is 5.88 Å². The predicted octanol–water partition coefficient (Wildman–Crippen LogP) is 0.935. The monoisotopic (exact) mass is 111 g/mol. The Morgan fingerprint density at radius 1 is 1.75 bits per heavy atom. The van der Waals surface area contributed by atoms with Crippen molar-refractivity contribution in [3.05, 3.63) is 23.6 Å². The van der Waals surface area contributed by atoms with Crippen LogP contribution in [0.15, 0.2) is 23.6 Å². The highest BCUT2D eigenvalue weighted by Crippen LogP contribution is 2.00. The minimum atomic E-state index is 0.269. The molecule has 2 N–H and O–H groups in total. The Morgan fingerprint density at radius 2 is 2.50 bits per heavy atom. The van der Waals surface area contributed by atoms with Crippen molar-refractivity contribution in [2.75, 3.05) is 6.54 Å². The summed E-state index contributed by atoms with van der Waals surface area (Å²) in [4.78, 5) is 0. The summed E-state index contributed by atoms with van der Waals surface area (Å²) in [6, 6.07) is 0. The molecule has 0 atom stereocenters. The largest absolute Gasteiger partial charge is 0.495 e. The molecule has 1 heterocycles.